The number of ketones is 1. The molecule has 0 radical (unpaired) electrons. The summed E-state index contributed by atoms with van der Waals surface area (Å²) in [4.78, 5) is 12.0. The van der Waals surface area contributed by atoms with Crippen LogP contribution in [-0.2, 0) is 6.42 Å². The van der Waals surface area contributed by atoms with Crippen molar-refractivity contribution in [2.24, 2.45) is 0 Å². The first-order valence-electron chi connectivity index (χ1n) is 5.78. The third kappa shape index (κ3) is 3.34. The van der Waals surface area contributed by atoms with Crippen molar-refractivity contribution in [3.05, 3.63) is 64.7 Å². The minimum Gasteiger partial charge on any atom is -0.399 e. The molecule has 0 aliphatic rings. The van der Waals surface area contributed by atoms with Crippen LogP contribution in [0, 0.1) is 0 Å². The number of rotatable bonds is 4. The van der Waals surface area contributed by atoms with Crippen LogP contribution in [0.25, 0.3) is 0 Å². The van der Waals surface area contributed by atoms with Gasteiger partial charge in [-0.2, -0.15) is 0 Å². The first kappa shape index (κ1) is 12.7. The zero-order valence-corrected chi connectivity index (χ0v) is 10.7. The van der Waals surface area contributed by atoms with E-state index in [2.05, 4.69) is 0 Å². The van der Waals surface area contributed by atoms with E-state index in [-0.39, 0.29) is 5.78 Å². The Hall–Kier alpha value is -1.80. The summed E-state index contributed by atoms with van der Waals surface area (Å²) in [5.41, 5.74) is 8.00. The maximum atomic E-state index is 12.0. The summed E-state index contributed by atoms with van der Waals surface area (Å²) in [6.07, 6.45) is 1.15. The summed E-state index contributed by atoms with van der Waals surface area (Å²) in [6, 6.07) is 14.6. The van der Waals surface area contributed by atoms with Crippen LogP contribution < -0.4 is 5.73 Å². The Kier molecular flexibility index (Phi) is 4.00. The highest BCUT2D eigenvalue weighted by Crippen LogP contribution is 2.14. The highest BCUT2D eigenvalue weighted by molar-refractivity contribution is 6.30. The molecule has 0 amide bonds. The van der Waals surface area contributed by atoms with Gasteiger partial charge in [0.15, 0.2) is 5.78 Å². The molecular weight excluding hydrogens is 246 g/mol. The quantitative estimate of drug-likeness (QED) is 0.671. The number of nitrogens with two attached hydrogens (primary N) is 1. The number of hydrogen-bond donors (Lipinski definition) is 1. The second-order valence-electron chi connectivity index (χ2n) is 4.18. The molecule has 2 aromatic carbocycles. The highest BCUT2D eigenvalue weighted by atomic mass is 35.5. The SMILES string of the molecule is Nc1cccc(C(=O)CCc2cccc(Cl)c2)c1. The van der Waals surface area contributed by atoms with E-state index in [1.165, 1.54) is 0 Å². The van der Waals surface area contributed by atoms with E-state index in [1.54, 1.807) is 24.3 Å². The van der Waals surface area contributed by atoms with Crippen molar-refractivity contribution in [3.8, 4) is 0 Å². The number of hydrogen-bond acceptors (Lipinski definition) is 2. The largest absolute Gasteiger partial charge is 0.399 e. The van der Waals surface area contributed by atoms with E-state index in [9.17, 15) is 4.79 Å². The average Bonchev–Trinajstić information content (AvgIpc) is 2.36. The fraction of sp³-hybridized carbons (Fsp3) is 0.133. The smallest absolute Gasteiger partial charge is 0.163 e. The van der Waals surface area contributed by atoms with Gasteiger partial charge in [0.2, 0.25) is 0 Å². The Balaban J connectivity index is 2.00. The van der Waals surface area contributed by atoms with Crippen molar-refractivity contribution in [2.75, 3.05) is 5.73 Å². The number of nitrogen functional groups attached to an aromatic ring is 1. The van der Waals surface area contributed by atoms with Crippen LogP contribution in [0.5, 0.6) is 0 Å². The van der Waals surface area contributed by atoms with Crippen LogP contribution in [-0.4, -0.2) is 5.78 Å². The summed E-state index contributed by atoms with van der Waals surface area (Å²) < 4.78 is 0. The van der Waals surface area contributed by atoms with Gasteiger partial charge in [0.1, 0.15) is 0 Å². The summed E-state index contributed by atoms with van der Waals surface area (Å²) in [6.45, 7) is 0. The van der Waals surface area contributed by atoms with Gasteiger partial charge in [0, 0.05) is 22.7 Å². The molecule has 0 heterocycles. The molecule has 2 aromatic rings. The number of carbonyl (C=O) groups is 1. The fourth-order valence-corrected chi connectivity index (χ4v) is 2.02. The Morgan fingerprint density at radius 2 is 1.89 bits per heavy atom. The molecule has 0 atom stereocenters. The van der Waals surface area contributed by atoms with E-state index in [0.717, 1.165) is 5.56 Å². The number of benzene rings is 2. The minimum absolute atomic E-state index is 0.0993. The summed E-state index contributed by atoms with van der Waals surface area (Å²) in [7, 11) is 0. The lowest BCUT2D eigenvalue weighted by Crippen LogP contribution is -2.02. The monoisotopic (exact) mass is 259 g/mol. The van der Waals surface area contributed by atoms with Gasteiger partial charge in [-0.3, -0.25) is 4.79 Å². The second-order valence-corrected chi connectivity index (χ2v) is 4.61. The molecule has 0 bridgehead atoms. The van der Waals surface area contributed by atoms with Crippen molar-refractivity contribution in [3.63, 3.8) is 0 Å². The molecule has 0 aliphatic heterocycles. The normalized spacial score (nSPS) is 10.3. The lowest BCUT2D eigenvalue weighted by molar-refractivity contribution is 0.0983. The third-order valence-corrected chi connectivity index (χ3v) is 2.97. The predicted octanol–water partition coefficient (Wildman–Crippen LogP) is 3.74. The van der Waals surface area contributed by atoms with Crippen molar-refractivity contribution in [2.45, 2.75) is 12.8 Å². The van der Waals surface area contributed by atoms with Gasteiger partial charge in [-0.05, 0) is 36.2 Å². The predicted molar refractivity (Wildman–Crippen MR) is 75.0 cm³/mol. The molecule has 0 saturated carbocycles. The van der Waals surface area contributed by atoms with E-state index >= 15 is 0 Å². The zero-order valence-electron chi connectivity index (χ0n) is 9.90. The van der Waals surface area contributed by atoms with E-state index in [1.807, 2.05) is 24.3 Å². The Morgan fingerprint density at radius 3 is 2.61 bits per heavy atom. The van der Waals surface area contributed by atoms with Gasteiger partial charge in [-0.15, -0.1) is 0 Å². The van der Waals surface area contributed by atoms with Crippen LogP contribution >= 0.6 is 11.6 Å². The Labute approximate surface area is 111 Å². The minimum atomic E-state index is 0.0993. The van der Waals surface area contributed by atoms with Gasteiger partial charge in [-0.1, -0.05) is 35.9 Å². The number of halogens is 1. The maximum absolute atomic E-state index is 12.0. The van der Waals surface area contributed by atoms with Crippen LogP contribution in [0.4, 0.5) is 5.69 Å². The third-order valence-electron chi connectivity index (χ3n) is 2.74. The van der Waals surface area contributed by atoms with Gasteiger partial charge in [0.05, 0.1) is 0 Å². The Bertz CT molecular complexity index is 566. The number of aryl methyl sites for hydroxylation is 1. The lowest BCUT2D eigenvalue weighted by atomic mass is 10.0. The molecule has 2 rings (SSSR count). The van der Waals surface area contributed by atoms with Crippen LogP contribution in [0.15, 0.2) is 48.5 Å². The molecule has 3 heteroatoms. The van der Waals surface area contributed by atoms with Crippen molar-refractivity contribution in [1.29, 1.82) is 0 Å². The average molecular weight is 260 g/mol. The number of carbonyl (C=O) groups excluding carboxylic acids is 1. The van der Waals surface area contributed by atoms with Crippen molar-refractivity contribution >= 4 is 23.1 Å². The molecule has 0 aromatic heterocycles. The molecule has 0 fully saturated rings. The highest BCUT2D eigenvalue weighted by Gasteiger charge is 2.06. The zero-order chi connectivity index (χ0) is 13.0. The second kappa shape index (κ2) is 5.69. The summed E-state index contributed by atoms with van der Waals surface area (Å²) in [5, 5.41) is 0.698. The summed E-state index contributed by atoms with van der Waals surface area (Å²) >= 11 is 5.90. The molecule has 2 N–H and O–H groups in total. The van der Waals surface area contributed by atoms with Gasteiger partial charge in [-0.25, -0.2) is 0 Å². The van der Waals surface area contributed by atoms with E-state index in [4.69, 9.17) is 17.3 Å². The van der Waals surface area contributed by atoms with Gasteiger partial charge >= 0.3 is 0 Å². The van der Waals surface area contributed by atoms with Crippen LogP contribution in [0.1, 0.15) is 22.3 Å². The topological polar surface area (TPSA) is 43.1 Å². The lowest BCUT2D eigenvalue weighted by Gasteiger charge is -2.03. The number of Topliss-reactive ketones (excluding diaryl/α,β-unsaturated/α-hetero) is 1. The Morgan fingerprint density at radius 1 is 1.11 bits per heavy atom. The number of anilines is 1. The standard InChI is InChI=1S/C15H14ClNO/c16-13-5-1-3-11(9-13)7-8-15(18)12-4-2-6-14(17)10-12/h1-6,9-10H,7-8,17H2. The van der Waals surface area contributed by atoms with Crippen LogP contribution in [0.2, 0.25) is 5.02 Å². The van der Waals surface area contributed by atoms with E-state index in [0.29, 0.717) is 29.1 Å². The van der Waals surface area contributed by atoms with Crippen molar-refractivity contribution < 1.29 is 4.79 Å². The molecule has 0 unspecified atom stereocenters. The maximum Gasteiger partial charge on any atom is 0.163 e. The molecule has 2 nitrogen and oxygen atoms in total. The van der Waals surface area contributed by atoms with Crippen LogP contribution in [0.3, 0.4) is 0 Å². The molecule has 92 valence electrons. The molecular formula is C15H14ClNO. The molecule has 0 saturated heterocycles. The molecule has 18 heavy (non-hydrogen) atoms. The van der Waals surface area contributed by atoms with Gasteiger partial charge in [0.25, 0.3) is 0 Å². The van der Waals surface area contributed by atoms with Gasteiger partial charge < -0.3 is 5.73 Å². The summed E-state index contributed by atoms with van der Waals surface area (Å²) in [5.74, 6) is 0.0993. The van der Waals surface area contributed by atoms with E-state index < -0.39 is 0 Å². The molecule has 0 spiro atoms. The molecule has 0 aliphatic carbocycles. The van der Waals surface area contributed by atoms with Crippen molar-refractivity contribution in [1.82, 2.24) is 0 Å². The first-order valence-corrected chi connectivity index (χ1v) is 6.16. The first-order chi connectivity index (χ1) is 8.65. The fourth-order valence-electron chi connectivity index (χ4n) is 1.81.